The second kappa shape index (κ2) is 13.5. The fourth-order valence-corrected chi connectivity index (χ4v) is 2.38. The highest BCUT2D eigenvalue weighted by Crippen LogP contribution is 2.17. The first-order valence-corrected chi connectivity index (χ1v) is 9.01. The molecule has 0 amide bonds. The molecule has 1 rings (SSSR count). The number of ether oxygens (including phenoxy) is 3. The molecule has 0 unspecified atom stereocenters. The average Bonchev–Trinajstić information content (AvgIpc) is 2.92. The van der Waals surface area contributed by atoms with Crippen LogP contribution in [-0.2, 0) is 33.4 Å². The zero-order valence-corrected chi connectivity index (χ0v) is 15.4. The number of carbonyl (C=O) groups is 4. The maximum atomic E-state index is 11.8. The van der Waals surface area contributed by atoms with Crippen LogP contribution in [0, 0.1) is 5.92 Å². The predicted octanol–water partition coefficient (Wildman–Crippen LogP) is 1.47. The molecule has 0 radical (unpaired) electrons. The molecule has 1 aliphatic carbocycles. The van der Waals surface area contributed by atoms with Gasteiger partial charge in [0.25, 0.3) is 0 Å². The first-order chi connectivity index (χ1) is 12.5. The standard InChI is InChI=1S/C19H28O7/c1-15(20)8-10-25-12-14-26-13-11-24-9-2-3-16(21)4-5-17-18(22)6-7-19(17)23/h6-7,17H,2-5,8-14H2,1H3. The molecule has 0 saturated heterocycles. The lowest BCUT2D eigenvalue weighted by Crippen LogP contribution is -2.17. The van der Waals surface area contributed by atoms with Crippen LogP contribution in [0.5, 0.6) is 0 Å². The van der Waals surface area contributed by atoms with Gasteiger partial charge in [-0.05, 0) is 31.9 Å². The van der Waals surface area contributed by atoms with Crippen molar-refractivity contribution < 1.29 is 33.4 Å². The Kier molecular flexibility index (Phi) is 11.6. The van der Waals surface area contributed by atoms with Gasteiger partial charge in [-0.3, -0.25) is 19.2 Å². The zero-order valence-electron chi connectivity index (χ0n) is 15.4. The summed E-state index contributed by atoms with van der Waals surface area (Å²) in [5.74, 6) is -0.903. The summed E-state index contributed by atoms with van der Waals surface area (Å²) in [6.07, 6.45) is 4.53. The SMILES string of the molecule is CC(=O)CCOCCOCCOCCCC(=O)CCC1C(=O)C=CC1=O. The summed E-state index contributed by atoms with van der Waals surface area (Å²) in [7, 11) is 0. The third-order valence-electron chi connectivity index (χ3n) is 3.90. The van der Waals surface area contributed by atoms with Crippen LogP contribution < -0.4 is 0 Å². The summed E-state index contributed by atoms with van der Waals surface area (Å²) >= 11 is 0. The molecule has 146 valence electrons. The van der Waals surface area contributed by atoms with E-state index in [1.54, 1.807) is 0 Å². The molecule has 0 N–H and O–H groups in total. The summed E-state index contributed by atoms with van der Waals surface area (Å²) in [6, 6.07) is 0. The molecule has 0 atom stereocenters. The van der Waals surface area contributed by atoms with E-state index in [-0.39, 0.29) is 29.6 Å². The second-order valence-electron chi connectivity index (χ2n) is 6.16. The predicted molar refractivity (Wildman–Crippen MR) is 93.9 cm³/mol. The van der Waals surface area contributed by atoms with Crippen molar-refractivity contribution in [3.8, 4) is 0 Å². The number of Topliss-reactive ketones (excluding diaryl/α,β-unsaturated/α-hetero) is 2. The molecular formula is C19H28O7. The van der Waals surface area contributed by atoms with Crippen LogP contribution in [0.15, 0.2) is 12.2 Å². The smallest absolute Gasteiger partial charge is 0.166 e. The second-order valence-corrected chi connectivity index (χ2v) is 6.16. The van der Waals surface area contributed by atoms with Crippen molar-refractivity contribution in [2.45, 2.75) is 39.0 Å². The Bertz CT molecular complexity index is 492. The van der Waals surface area contributed by atoms with E-state index in [1.807, 2.05) is 0 Å². The van der Waals surface area contributed by atoms with Crippen molar-refractivity contribution in [1.29, 1.82) is 0 Å². The van der Waals surface area contributed by atoms with Gasteiger partial charge in [0.05, 0.1) is 39.0 Å². The molecule has 0 aromatic rings. The van der Waals surface area contributed by atoms with Crippen LogP contribution in [0.25, 0.3) is 0 Å². The fourth-order valence-electron chi connectivity index (χ4n) is 2.38. The first kappa shape index (κ1) is 22.3. The summed E-state index contributed by atoms with van der Waals surface area (Å²) in [5.41, 5.74) is 0. The van der Waals surface area contributed by atoms with E-state index in [0.717, 1.165) is 0 Å². The molecule has 0 aromatic heterocycles. The Balaban J connectivity index is 1.85. The van der Waals surface area contributed by atoms with E-state index in [9.17, 15) is 19.2 Å². The maximum absolute atomic E-state index is 11.8. The molecule has 0 bridgehead atoms. The number of allylic oxidation sites excluding steroid dienone is 2. The van der Waals surface area contributed by atoms with Crippen LogP contribution in [0.2, 0.25) is 0 Å². The van der Waals surface area contributed by atoms with Crippen LogP contribution in [0.4, 0.5) is 0 Å². The number of hydrogen-bond acceptors (Lipinski definition) is 7. The Hall–Kier alpha value is -1.70. The molecule has 0 saturated carbocycles. The van der Waals surface area contributed by atoms with Crippen LogP contribution >= 0.6 is 0 Å². The molecule has 1 aliphatic rings. The molecule has 0 fully saturated rings. The van der Waals surface area contributed by atoms with Gasteiger partial charge in [0.1, 0.15) is 11.6 Å². The van der Waals surface area contributed by atoms with E-state index in [4.69, 9.17) is 14.2 Å². The highest BCUT2D eigenvalue weighted by Gasteiger charge is 2.27. The number of hydrogen-bond donors (Lipinski definition) is 0. The van der Waals surface area contributed by atoms with Crippen molar-refractivity contribution in [2.75, 3.05) is 39.6 Å². The van der Waals surface area contributed by atoms with Crippen LogP contribution in [0.1, 0.15) is 39.0 Å². The van der Waals surface area contributed by atoms with E-state index < -0.39 is 5.92 Å². The van der Waals surface area contributed by atoms with Crippen molar-refractivity contribution in [3.05, 3.63) is 12.2 Å². The van der Waals surface area contributed by atoms with E-state index in [2.05, 4.69) is 0 Å². The van der Waals surface area contributed by atoms with Gasteiger partial charge in [-0.2, -0.15) is 0 Å². The summed E-state index contributed by atoms with van der Waals surface area (Å²) < 4.78 is 15.9. The molecule has 0 aliphatic heterocycles. The summed E-state index contributed by atoms with van der Waals surface area (Å²) in [6.45, 7) is 4.20. The van der Waals surface area contributed by atoms with Gasteiger partial charge in [0, 0.05) is 25.9 Å². The van der Waals surface area contributed by atoms with Gasteiger partial charge in [-0.15, -0.1) is 0 Å². The van der Waals surface area contributed by atoms with Crippen molar-refractivity contribution in [3.63, 3.8) is 0 Å². The van der Waals surface area contributed by atoms with Gasteiger partial charge in [-0.25, -0.2) is 0 Å². The number of carbonyl (C=O) groups excluding carboxylic acids is 4. The number of ketones is 4. The average molecular weight is 368 g/mol. The minimum Gasteiger partial charge on any atom is -0.379 e. The Morgan fingerprint density at radius 2 is 1.35 bits per heavy atom. The largest absolute Gasteiger partial charge is 0.379 e. The minimum atomic E-state index is -0.654. The minimum absolute atomic E-state index is 0.0417. The van der Waals surface area contributed by atoms with E-state index in [1.165, 1.54) is 19.1 Å². The first-order valence-electron chi connectivity index (χ1n) is 9.01. The quantitative estimate of drug-likeness (QED) is 0.301. The molecular weight excluding hydrogens is 340 g/mol. The summed E-state index contributed by atoms with van der Waals surface area (Å²) in [5, 5.41) is 0. The number of rotatable bonds is 16. The van der Waals surface area contributed by atoms with E-state index >= 15 is 0 Å². The fraction of sp³-hybridized carbons (Fsp3) is 0.684. The third-order valence-corrected chi connectivity index (χ3v) is 3.90. The highest BCUT2D eigenvalue weighted by atomic mass is 16.5. The van der Waals surface area contributed by atoms with Gasteiger partial charge < -0.3 is 14.2 Å². The van der Waals surface area contributed by atoms with E-state index in [0.29, 0.717) is 65.3 Å². The molecule has 26 heavy (non-hydrogen) atoms. The lowest BCUT2D eigenvalue weighted by atomic mass is 9.96. The zero-order chi connectivity index (χ0) is 19.2. The monoisotopic (exact) mass is 368 g/mol. The summed E-state index contributed by atoms with van der Waals surface area (Å²) in [4.78, 5) is 45.3. The molecule has 0 heterocycles. The van der Waals surface area contributed by atoms with Crippen molar-refractivity contribution in [2.24, 2.45) is 5.92 Å². The van der Waals surface area contributed by atoms with Gasteiger partial charge in [0.2, 0.25) is 0 Å². The van der Waals surface area contributed by atoms with Crippen LogP contribution in [0.3, 0.4) is 0 Å². The molecule has 0 aromatic carbocycles. The lowest BCUT2D eigenvalue weighted by molar-refractivity contribution is -0.126. The van der Waals surface area contributed by atoms with Gasteiger partial charge >= 0.3 is 0 Å². The van der Waals surface area contributed by atoms with Crippen molar-refractivity contribution in [1.82, 2.24) is 0 Å². The highest BCUT2D eigenvalue weighted by molar-refractivity contribution is 6.18. The molecule has 7 heteroatoms. The molecule has 0 spiro atoms. The normalized spacial score (nSPS) is 14.3. The topological polar surface area (TPSA) is 96.0 Å². The Morgan fingerprint density at radius 1 is 0.808 bits per heavy atom. The maximum Gasteiger partial charge on any atom is 0.166 e. The Labute approximate surface area is 154 Å². The Morgan fingerprint density at radius 3 is 1.92 bits per heavy atom. The van der Waals surface area contributed by atoms with Gasteiger partial charge in [0.15, 0.2) is 11.6 Å². The third kappa shape index (κ3) is 10.3. The van der Waals surface area contributed by atoms with Gasteiger partial charge in [-0.1, -0.05) is 0 Å². The molecule has 7 nitrogen and oxygen atoms in total. The van der Waals surface area contributed by atoms with Crippen molar-refractivity contribution >= 4 is 23.1 Å². The lowest BCUT2D eigenvalue weighted by Gasteiger charge is -2.07. The van der Waals surface area contributed by atoms with Crippen LogP contribution in [-0.4, -0.2) is 62.8 Å².